The largest absolute Gasteiger partial charge is 0.508 e. The number of carbonyl (C=O) groups excluding carboxylic acids is 11. The summed E-state index contributed by atoms with van der Waals surface area (Å²) in [7, 11) is 1.51. The number of Topliss-reactive ketones (excluding diaryl/α,β-unsaturated/α-hetero) is 3. The van der Waals surface area contributed by atoms with Gasteiger partial charge in [-0.2, -0.15) is 0 Å². The molecule has 2 saturated carbocycles. The molecule has 17 N–H and O–H groups in total. The van der Waals surface area contributed by atoms with Crippen molar-refractivity contribution in [1.82, 2.24) is 47.1 Å². The van der Waals surface area contributed by atoms with Crippen LogP contribution in [0.15, 0.2) is 59.7 Å². The maximum atomic E-state index is 14.3. The second kappa shape index (κ2) is 33.8. The number of guanidine groups is 1. The number of nitrogens with two attached hydrogens (primary N) is 3. The molecule has 9 amide bonds. The fraction of sp³-hybridized carbons (Fsp3) is 0.581. The number of hydrogen-bond acceptors (Lipinski definition) is 15. The van der Waals surface area contributed by atoms with E-state index in [4.69, 9.17) is 17.2 Å². The highest BCUT2D eigenvalue weighted by atomic mass is 16.3. The molecule has 0 spiro atoms. The highest BCUT2D eigenvalue weighted by Crippen LogP contribution is 2.35. The maximum Gasteiger partial charge on any atom is 0.312 e. The van der Waals surface area contributed by atoms with E-state index in [1.54, 1.807) is 18.3 Å². The molecule has 6 rings (SSSR count). The number of aliphatic hydroxyl groups is 2. The van der Waals surface area contributed by atoms with Crippen molar-refractivity contribution in [2.45, 2.75) is 178 Å². The zero-order valence-corrected chi connectivity index (χ0v) is 50.9. The predicted octanol–water partition coefficient (Wildman–Crippen LogP) is 0.184. The number of rotatable bonds is 35. The number of nitrogens with zero attached hydrogens (tertiary/aromatic N) is 2. The normalized spacial score (nSPS) is 18.8. The van der Waals surface area contributed by atoms with Crippen LogP contribution in [0.3, 0.4) is 0 Å². The lowest BCUT2D eigenvalue weighted by Gasteiger charge is -2.30. The van der Waals surface area contributed by atoms with Gasteiger partial charge in [-0.15, -0.1) is 0 Å². The number of phenolic OH excluding ortho intramolecular Hbond substituents is 1. The Morgan fingerprint density at radius 2 is 1.37 bits per heavy atom. The molecule has 3 aromatic rings. The van der Waals surface area contributed by atoms with E-state index < -0.39 is 138 Å². The Bertz CT molecular complexity index is 3010. The van der Waals surface area contributed by atoms with Gasteiger partial charge in [0.15, 0.2) is 23.3 Å². The summed E-state index contributed by atoms with van der Waals surface area (Å²) in [5, 5.41) is 51.1. The summed E-state index contributed by atoms with van der Waals surface area (Å²) >= 11 is 0. The number of urea groups is 1. The predicted molar refractivity (Wildman–Crippen MR) is 328 cm³/mol. The van der Waals surface area contributed by atoms with Crippen LogP contribution in [-0.4, -0.2) is 171 Å². The second-order valence-corrected chi connectivity index (χ2v) is 24.0. The number of benzene rings is 2. The Balaban J connectivity index is 1.12. The summed E-state index contributed by atoms with van der Waals surface area (Å²) in [5.41, 5.74) is 19.2. The van der Waals surface area contributed by atoms with Crippen molar-refractivity contribution in [3.8, 4) is 5.75 Å². The first-order valence-corrected chi connectivity index (χ1v) is 30.7. The van der Waals surface area contributed by atoms with Gasteiger partial charge in [0.2, 0.25) is 41.4 Å². The maximum absolute atomic E-state index is 14.3. The van der Waals surface area contributed by atoms with Gasteiger partial charge in [-0.3, -0.25) is 52.9 Å². The molecule has 486 valence electrons. The molecule has 0 radical (unpaired) electrons. The van der Waals surface area contributed by atoms with Gasteiger partial charge in [0.25, 0.3) is 0 Å². The molecule has 3 aliphatic rings. The second-order valence-electron chi connectivity index (χ2n) is 24.0. The number of phenols is 1. The fourth-order valence-electron chi connectivity index (χ4n) is 11.7. The number of aromatic amines is 1. The number of β-amino-alcohol motifs (C(OH)–C–C–N with tert-alkyl or cyclic N) is 1. The first-order valence-electron chi connectivity index (χ1n) is 30.7. The minimum atomic E-state index is -1.60. The molecule has 0 unspecified atom stereocenters. The molecule has 2 heterocycles. The minimum absolute atomic E-state index is 0.00481. The highest BCUT2D eigenvalue weighted by Gasteiger charge is 2.43. The van der Waals surface area contributed by atoms with E-state index >= 15 is 0 Å². The number of ketones is 3. The summed E-state index contributed by atoms with van der Waals surface area (Å²) in [6, 6.07) is 4.77. The van der Waals surface area contributed by atoms with E-state index in [9.17, 15) is 68.1 Å². The third kappa shape index (κ3) is 22.0. The average Bonchev–Trinajstić information content (AvgIpc) is 2.07. The molecular weight excluding hydrogens is 1150 g/mol. The Labute approximate surface area is 517 Å². The van der Waals surface area contributed by atoms with Crippen LogP contribution in [0.25, 0.3) is 10.9 Å². The smallest absolute Gasteiger partial charge is 0.312 e. The van der Waals surface area contributed by atoms with Gasteiger partial charge >= 0.3 is 6.03 Å². The van der Waals surface area contributed by atoms with Crippen LogP contribution in [0.2, 0.25) is 0 Å². The van der Waals surface area contributed by atoms with E-state index in [1.807, 2.05) is 24.3 Å². The summed E-state index contributed by atoms with van der Waals surface area (Å²) in [6.45, 7) is 1.87. The Morgan fingerprint density at radius 3 is 2.01 bits per heavy atom. The Hall–Kier alpha value is -8.46. The van der Waals surface area contributed by atoms with Crippen LogP contribution >= 0.6 is 0 Å². The molecule has 2 aliphatic carbocycles. The number of H-pyrrole nitrogens is 1. The van der Waals surface area contributed by atoms with Crippen molar-refractivity contribution in [3.63, 3.8) is 0 Å². The summed E-state index contributed by atoms with van der Waals surface area (Å²) in [5.74, 6) is -9.09. The lowest BCUT2D eigenvalue weighted by atomic mass is 9.83. The fourth-order valence-corrected chi connectivity index (χ4v) is 11.7. The van der Waals surface area contributed by atoms with Gasteiger partial charge < -0.3 is 79.6 Å². The molecule has 27 heteroatoms. The summed E-state index contributed by atoms with van der Waals surface area (Å²) in [6.07, 6.45) is 3.96. The molecular formula is C62H89N13O14. The van der Waals surface area contributed by atoms with Crippen molar-refractivity contribution in [3.05, 3.63) is 65.9 Å². The van der Waals surface area contributed by atoms with E-state index in [2.05, 4.69) is 47.2 Å². The van der Waals surface area contributed by atoms with E-state index in [-0.39, 0.29) is 87.9 Å². The lowest BCUT2D eigenvalue weighted by molar-refractivity contribution is -0.142. The van der Waals surface area contributed by atoms with Crippen LogP contribution in [-0.2, 0) is 60.8 Å². The van der Waals surface area contributed by atoms with Crippen molar-refractivity contribution in [1.29, 1.82) is 0 Å². The standard InChI is InChI=1S/C62H89N13O14/c1-34(76)44(30-54(82)50(32-69-62(65)89)74-59(87)51-29-42(79)33-75(51)60(88)49(70-35(2)77)26-38-17-19-41(78)20-18-38)58(86)72-46(24-36-10-5-4-6-11-36)52(80)21-22-55(83)71-47(25-37-15-16-37)53(81)28-39(12-9-23-67-61(64)66-3)57(85)73-48(56(63)84)27-40-31-68-45-14-8-7-13-43(40)45/h7-8,13-14,17-20,31,34,36-37,39,42,44,46-51,68,76,78-79H,4-6,9-12,15-16,21-30,32-33H2,1-3H3,(H2,63,84)(H,70,77)(H,71,83)(H,72,86)(H,73,85)(H,74,87)(H3,64,66,67)(H3,65,69,89)/t34-,39-,42-,44+,46+,47+,48+,49-,50+,51+/m1/s1. The number of aromatic hydroxyl groups is 1. The quantitative estimate of drug-likeness (QED) is 0.0212. The topological polar surface area (TPSA) is 442 Å². The third-order valence-electron chi connectivity index (χ3n) is 16.9. The number of hydrogen-bond donors (Lipinski definition) is 14. The lowest BCUT2D eigenvalue weighted by Crippen LogP contribution is -2.57. The van der Waals surface area contributed by atoms with Gasteiger partial charge in [0.1, 0.15) is 29.9 Å². The van der Waals surface area contributed by atoms with E-state index in [0.29, 0.717) is 18.5 Å². The van der Waals surface area contributed by atoms with Gasteiger partial charge in [0, 0.05) is 102 Å². The number of aliphatic imine (C=N–C) groups is 1. The van der Waals surface area contributed by atoms with Crippen molar-refractivity contribution in [2.75, 3.05) is 26.7 Å². The van der Waals surface area contributed by atoms with E-state index in [0.717, 1.165) is 66.3 Å². The molecule has 3 fully saturated rings. The van der Waals surface area contributed by atoms with E-state index in [1.165, 1.54) is 33.0 Å². The van der Waals surface area contributed by atoms with Crippen LogP contribution in [0.1, 0.15) is 128 Å². The average molecular weight is 1240 g/mol. The van der Waals surface area contributed by atoms with Crippen molar-refractivity contribution < 1.29 is 68.1 Å². The molecule has 1 aromatic heterocycles. The monoisotopic (exact) mass is 1240 g/mol. The van der Waals surface area contributed by atoms with Gasteiger partial charge in [-0.25, -0.2) is 4.79 Å². The molecule has 10 atom stereocenters. The number of para-hydroxylation sites is 1. The Kier molecular flexibility index (Phi) is 26.4. The van der Waals surface area contributed by atoms with Crippen LogP contribution in [0.4, 0.5) is 4.79 Å². The first-order chi connectivity index (χ1) is 42.4. The number of primary amides is 2. The van der Waals surface area contributed by atoms with Gasteiger partial charge in [-0.05, 0) is 73.8 Å². The number of nitrogens with one attached hydrogen (secondary N) is 8. The van der Waals surface area contributed by atoms with Crippen LogP contribution in [0.5, 0.6) is 5.75 Å². The van der Waals surface area contributed by atoms with Crippen LogP contribution < -0.4 is 54.4 Å². The molecule has 27 nitrogen and oxygen atoms in total. The number of carbonyl (C=O) groups is 11. The zero-order valence-electron chi connectivity index (χ0n) is 50.9. The highest BCUT2D eigenvalue weighted by molar-refractivity contribution is 5.99. The number of likely N-dealkylation sites (tertiary alicyclic amines) is 1. The van der Waals surface area contributed by atoms with Gasteiger partial charge in [0.05, 0.1) is 30.2 Å². The third-order valence-corrected chi connectivity index (χ3v) is 16.9. The van der Waals surface area contributed by atoms with Crippen molar-refractivity contribution in [2.24, 2.45) is 45.9 Å². The summed E-state index contributed by atoms with van der Waals surface area (Å²) in [4.78, 5) is 159. The first kappa shape index (κ1) is 69.6. The molecule has 0 bridgehead atoms. The molecule has 1 aliphatic heterocycles. The molecule has 89 heavy (non-hydrogen) atoms. The number of aliphatic hydroxyl groups excluding tert-OH is 2. The minimum Gasteiger partial charge on any atom is -0.508 e. The van der Waals surface area contributed by atoms with Crippen molar-refractivity contribution >= 4 is 81.6 Å². The SMILES string of the molecule is CN=C(N)NCCC[C@H](CC(=O)[C@H](CC1CC1)NC(=O)CCC(=O)[C@H](CC1CCCCC1)NC(=O)[C@@H](CC(=O)[C@H](CNC(N)=O)NC(=O)[C@@H]1C[C@@H](O)CN1C(=O)[C@@H](Cc1ccc(O)cc1)NC(C)=O)[C@@H](C)O)C(=O)N[C@@H](Cc1c[nH]c2ccccc12)C(N)=O. The summed E-state index contributed by atoms with van der Waals surface area (Å²) < 4.78 is 0. The van der Waals surface area contributed by atoms with Gasteiger partial charge in [-0.1, -0.05) is 75.3 Å². The molecule has 2 aromatic carbocycles. The Morgan fingerprint density at radius 1 is 0.719 bits per heavy atom. The number of aromatic nitrogens is 1. The molecule has 1 saturated heterocycles. The number of fused-ring (bicyclic) bond motifs is 1. The van der Waals surface area contributed by atoms with Crippen LogP contribution in [0, 0.1) is 23.7 Å². The number of amides is 9. The zero-order chi connectivity index (χ0) is 64.9.